The van der Waals surface area contributed by atoms with Gasteiger partial charge in [0.05, 0.1) is 29.5 Å². The average molecular weight is 334 g/mol. The Balaban J connectivity index is 1.74. The molecule has 0 aliphatic heterocycles. The van der Waals surface area contributed by atoms with E-state index in [9.17, 15) is 0 Å². The van der Waals surface area contributed by atoms with Gasteiger partial charge in [0.1, 0.15) is 5.75 Å². The van der Waals surface area contributed by atoms with E-state index in [0.29, 0.717) is 18.3 Å². The Labute approximate surface area is 145 Å². The van der Waals surface area contributed by atoms with E-state index in [1.165, 1.54) is 0 Å². The summed E-state index contributed by atoms with van der Waals surface area (Å²) in [6.07, 6.45) is 1.84. The van der Waals surface area contributed by atoms with Gasteiger partial charge in [-0.1, -0.05) is 17.3 Å². The molecule has 0 aliphatic rings. The molecule has 0 saturated heterocycles. The van der Waals surface area contributed by atoms with Crippen molar-refractivity contribution in [2.75, 3.05) is 6.61 Å². The fraction of sp³-hybridized carbons (Fsp3) is 0.211. The number of hydrogen-bond donors (Lipinski definition) is 0. The molecule has 0 radical (unpaired) electrons. The lowest BCUT2D eigenvalue weighted by atomic mass is 10.2. The molecule has 0 saturated carbocycles. The fourth-order valence-corrected chi connectivity index (χ4v) is 2.82. The topological polar surface area (TPSA) is 66.0 Å². The summed E-state index contributed by atoms with van der Waals surface area (Å²) >= 11 is 0. The van der Waals surface area contributed by atoms with Gasteiger partial charge in [-0.2, -0.15) is 4.98 Å². The molecule has 0 N–H and O–H groups in total. The zero-order valence-corrected chi connectivity index (χ0v) is 14.1. The predicted octanol–water partition coefficient (Wildman–Crippen LogP) is 4.17. The first kappa shape index (κ1) is 15.4. The van der Waals surface area contributed by atoms with Crippen molar-refractivity contribution in [1.29, 1.82) is 0 Å². The number of imidazole rings is 1. The van der Waals surface area contributed by atoms with Crippen LogP contribution in [0.1, 0.15) is 13.8 Å². The van der Waals surface area contributed by atoms with Crippen LogP contribution >= 0.6 is 0 Å². The van der Waals surface area contributed by atoms with E-state index >= 15 is 0 Å². The summed E-state index contributed by atoms with van der Waals surface area (Å²) in [5.41, 5.74) is 3.70. The SMILES string of the molecule is CCOc1ccccc1-c1nc(-c2ccc3ncn(CC)c3c2)no1. The molecule has 0 atom stereocenters. The van der Waals surface area contributed by atoms with Gasteiger partial charge < -0.3 is 13.8 Å². The first-order chi connectivity index (χ1) is 12.3. The highest BCUT2D eigenvalue weighted by molar-refractivity contribution is 5.81. The molecule has 4 aromatic rings. The van der Waals surface area contributed by atoms with Crippen molar-refractivity contribution < 1.29 is 9.26 Å². The molecule has 4 rings (SSSR count). The van der Waals surface area contributed by atoms with E-state index in [4.69, 9.17) is 9.26 Å². The molecule has 2 heterocycles. The summed E-state index contributed by atoms with van der Waals surface area (Å²) in [6, 6.07) is 13.6. The Morgan fingerprint density at radius 3 is 2.84 bits per heavy atom. The number of fused-ring (bicyclic) bond motifs is 1. The monoisotopic (exact) mass is 334 g/mol. The maximum atomic E-state index is 5.64. The molecule has 6 heteroatoms. The summed E-state index contributed by atoms with van der Waals surface area (Å²) in [5.74, 6) is 1.73. The van der Waals surface area contributed by atoms with Crippen molar-refractivity contribution in [3.8, 4) is 28.6 Å². The van der Waals surface area contributed by atoms with Gasteiger partial charge in [-0.15, -0.1) is 0 Å². The summed E-state index contributed by atoms with van der Waals surface area (Å²) in [6.45, 7) is 5.47. The number of ether oxygens (including phenoxy) is 1. The number of rotatable bonds is 5. The van der Waals surface area contributed by atoms with E-state index in [1.54, 1.807) is 0 Å². The van der Waals surface area contributed by atoms with Crippen LogP contribution < -0.4 is 4.74 Å². The molecule has 0 unspecified atom stereocenters. The lowest BCUT2D eigenvalue weighted by molar-refractivity contribution is 0.339. The molecular formula is C19H18N4O2. The van der Waals surface area contributed by atoms with Crippen molar-refractivity contribution in [3.63, 3.8) is 0 Å². The van der Waals surface area contributed by atoms with E-state index in [-0.39, 0.29) is 0 Å². The second kappa shape index (κ2) is 6.39. The number of aryl methyl sites for hydroxylation is 1. The molecule has 126 valence electrons. The van der Waals surface area contributed by atoms with Crippen LogP contribution in [0, 0.1) is 0 Å². The van der Waals surface area contributed by atoms with Crippen LogP contribution in [0.4, 0.5) is 0 Å². The largest absolute Gasteiger partial charge is 0.493 e. The summed E-state index contributed by atoms with van der Waals surface area (Å²) in [7, 11) is 0. The maximum absolute atomic E-state index is 5.64. The summed E-state index contributed by atoms with van der Waals surface area (Å²) in [5, 5.41) is 4.14. The molecule has 0 aliphatic carbocycles. The average Bonchev–Trinajstić information content (AvgIpc) is 3.29. The molecule has 0 bridgehead atoms. The van der Waals surface area contributed by atoms with Gasteiger partial charge >= 0.3 is 0 Å². The fourth-order valence-electron chi connectivity index (χ4n) is 2.82. The molecule has 0 fully saturated rings. The third-order valence-corrected chi connectivity index (χ3v) is 4.06. The molecule has 25 heavy (non-hydrogen) atoms. The lowest BCUT2D eigenvalue weighted by Crippen LogP contribution is -1.93. The number of para-hydroxylation sites is 1. The van der Waals surface area contributed by atoms with Crippen molar-refractivity contribution in [2.24, 2.45) is 0 Å². The molecule has 0 spiro atoms. The van der Waals surface area contributed by atoms with Crippen LogP contribution in [-0.2, 0) is 6.54 Å². The van der Waals surface area contributed by atoms with Gasteiger partial charge in [0.15, 0.2) is 0 Å². The third kappa shape index (κ3) is 2.76. The van der Waals surface area contributed by atoms with E-state index in [2.05, 4.69) is 26.6 Å². The Kier molecular flexibility index (Phi) is 3.93. The highest BCUT2D eigenvalue weighted by Gasteiger charge is 2.15. The highest BCUT2D eigenvalue weighted by atomic mass is 16.5. The van der Waals surface area contributed by atoms with Crippen LogP contribution in [0.15, 0.2) is 53.3 Å². The van der Waals surface area contributed by atoms with Crippen molar-refractivity contribution in [2.45, 2.75) is 20.4 Å². The molecule has 0 amide bonds. The van der Waals surface area contributed by atoms with Gasteiger partial charge in [0, 0.05) is 12.1 Å². The van der Waals surface area contributed by atoms with Crippen molar-refractivity contribution >= 4 is 11.0 Å². The van der Waals surface area contributed by atoms with E-state index in [1.807, 2.05) is 55.7 Å². The minimum atomic E-state index is 0.447. The zero-order valence-electron chi connectivity index (χ0n) is 14.1. The molecule has 2 aromatic carbocycles. The first-order valence-electron chi connectivity index (χ1n) is 8.31. The standard InChI is InChI=1S/C19H18N4O2/c1-3-23-12-20-15-10-9-13(11-16(15)23)18-21-19(25-22-18)14-7-5-6-8-17(14)24-4-2/h5-12H,3-4H2,1-2H3. The quantitative estimate of drug-likeness (QED) is 0.548. The van der Waals surface area contributed by atoms with Gasteiger partial charge in [-0.3, -0.25) is 0 Å². The second-order valence-corrected chi connectivity index (χ2v) is 5.59. The van der Waals surface area contributed by atoms with Gasteiger partial charge in [-0.05, 0) is 44.2 Å². The van der Waals surface area contributed by atoms with Crippen LogP contribution in [0.25, 0.3) is 33.9 Å². The minimum absolute atomic E-state index is 0.447. The normalized spacial score (nSPS) is 11.1. The molecule has 2 aromatic heterocycles. The third-order valence-electron chi connectivity index (χ3n) is 4.06. The lowest BCUT2D eigenvalue weighted by Gasteiger charge is -2.05. The number of benzene rings is 2. The smallest absolute Gasteiger partial charge is 0.262 e. The number of nitrogens with zero attached hydrogens (tertiary/aromatic N) is 4. The van der Waals surface area contributed by atoms with Gasteiger partial charge in [0.2, 0.25) is 5.82 Å². The summed E-state index contributed by atoms with van der Waals surface area (Å²) < 4.78 is 13.2. The van der Waals surface area contributed by atoms with Crippen molar-refractivity contribution in [3.05, 3.63) is 48.8 Å². The first-order valence-corrected chi connectivity index (χ1v) is 8.31. The molecule has 6 nitrogen and oxygen atoms in total. The van der Waals surface area contributed by atoms with E-state index in [0.717, 1.165) is 34.5 Å². The van der Waals surface area contributed by atoms with Gasteiger partial charge in [0.25, 0.3) is 5.89 Å². The van der Waals surface area contributed by atoms with Gasteiger partial charge in [-0.25, -0.2) is 4.98 Å². The van der Waals surface area contributed by atoms with Crippen LogP contribution in [0.3, 0.4) is 0 Å². The Hall–Kier alpha value is -3.15. The Bertz CT molecular complexity index is 1020. The maximum Gasteiger partial charge on any atom is 0.262 e. The Morgan fingerprint density at radius 2 is 2.00 bits per heavy atom. The highest BCUT2D eigenvalue weighted by Crippen LogP contribution is 2.30. The Morgan fingerprint density at radius 1 is 1.12 bits per heavy atom. The second-order valence-electron chi connectivity index (χ2n) is 5.59. The van der Waals surface area contributed by atoms with Crippen LogP contribution in [0.5, 0.6) is 5.75 Å². The van der Waals surface area contributed by atoms with Crippen LogP contribution in [-0.4, -0.2) is 26.3 Å². The zero-order chi connectivity index (χ0) is 17.2. The van der Waals surface area contributed by atoms with Crippen LogP contribution in [0.2, 0.25) is 0 Å². The van der Waals surface area contributed by atoms with E-state index < -0.39 is 0 Å². The minimum Gasteiger partial charge on any atom is -0.493 e. The number of hydrogen-bond acceptors (Lipinski definition) is 5. The molecular weight excluding hydrogens is 316 g/mol. The summed E-state index contributed by atoms with van der Waals surface area (Å²) in [4.78, 5) is 8.94. The van der Waals surface area contributed by atoms with Crippen molar-refractivity contribution in [1.82, 2.24) is 19.7 Å². The predicted molar refractivity (Wildman–Crippen MR) is 95.3 cm³/mol. The number of aromatic nitrogens is 4.